The number of hydrogen-bond acceptors (Lipinski definition) is 3. The number of benzene rings is 2. The summed E-state index contributed by atoms with van der Waals surface area (Å²) in [6.07, 6.45) is 5.24. The average molecular weight is 355 g/mol. The van der Waals surface area contributed by atoms with Crippen LogP contribution in [0.5, 0.6) is 5.75 Å². The smallest absolute Gasteiger partial charge is 0.137 e. The molecule has 2 atom stereocenters. The van der Waals surface area contributed by atoms with E-state index in [0.29, 0.717) is 5.56 Å². The summed E-state index contributed by atoms with van der Waals surface area (Å²) in [5.41, 5.74) is 1.63. The minimum absolute atomic E-state index is 0.209. The molecule has 4 heteroatoms. The first kappa shape index (κ1) is 17.5. The van der Waals surface area contributed by atoms with Crippen molar-refractivity contribution in [2.45, 2.75) is 49.9 Å². The third-order valence-corrected chi connectivity index (χ3v) is 5.90. The molecule has 2 aromatic carbocycles. The number of ether oxygens (including phenoxy) is 2. The molecule has 138 valence electrons. The van der Waals surface area contributed by atoms with Gasteiger partial charge in [-0.15, -0.1) is 0 Å². The van der Waals surface area contributed by atoms with Gasteiger partial charge in [-0.05, 0) is 36.6 Å². The van der Waals surface area contributed by atoms with Crippen LogP contribution >= 0.6 is 0 Å². The molecule has 2 fully saturated rings. The highest BCUT2D eigenvalue weighted by Crippen LogP contribution is 2.47. The van der Waals surface area contributed by atoms with E-state index in [1.54, 1.807) is 13.2 Å². The summed E-state index contributed by atoms with van der Waals surface area (Å²) in [6, 6.07) is 15.2. The van der Waals surface area contributed by atoms with Gasteiger partial charge < -0.3 is 9.47 Å². The van der Waals surface area contributed by atoms with Gasteiger partial charge in [-0.2, -0.15) is 0 Å². The van der Waals surface area contributed by atoms with Gasteiger partial charge >= 0.3 is 0 Å². The Morgan fingerprint density at radius 3 is 2.46 bits per heavy atom. The molecule has 0 amide bonds. The Bertz CT molecular complexity index is 740. The van der Waals surface area contributed by atoms with E-state index in [4.69, 9.17) is 9.47 Å². The number of rotatable bonds is 3. The minimum atomic E-state index is -0.385. The van der Waals surface area contributed by atoms with Gasteiger partial charge in [0, 0.05) is 18.0 Å². The van der Waals surface area contributed by atoms with Crippen molar-refractivity contribution < 1.29 is 13.9 Å². The van der Waals surface area contributed by atoms with Gasteiger partial charge in [0.2, 0.25) is 0 Å². The van der Waals surface area contributed by atoms with E-state index in [9.17, 15) is 4.39 Å². The Kier molecular flexibility index (Phi) is 4.96. The van der Waals surface area contributed by atoms with E-state index in [2.05, 4.69) is 17.4 Å². The molecule has 4 rings (SSSR count). The zero-order chi connectivity index (χ0) is 18.0. The van der Waals surface area contributed by atoms with E-state index in [1.807, 2.05) is 24.3 Å². The fraction of sp³-hybridized carbons (Fsp3) is 0.455. The summed E-state index contributed by atoms with van der Waals surface area (Å²) >= 11 is 0. The van der Waals surface area contributed by atoms with Crippen molar-refractivity contribution in [1.82, 2.24) is 5.32 Å². The van der Waals surface area contributed by atoms with E-state index in [1.165, 1.54) is 18.1 Å². The van der Waals surface area contributed by atoms with Crippen LogP contribution in [0.3, 0.4) is 0 Å². The lowest BCUT2D eigenvalue weighted by molar-refractivity contribution is -0.169. The summed E-state index contributed by atoms with van der Waals surface area (Å²) in [5, 5.41) is 3.43. The highest BCUT2D eigenvalue weighted by Gasteiger charge is 2.46. The SMILES string of the molecule is COc1ccc(C2CNC(c3ccccc3F)OC23CCCCC3)cc1. The number of nitrogens with one attached hydrogen (secondary N) is 1. The van der Waals surface area contributed by atoms with Gasteiger partial charge in [0.15, 0.2) is 0 Å². The topological polar surface area (TPSA) is 30.5 Å². The summed E-state index contributed by atoms with van der Waals surface area (Å²) in [6.45, 7) is 0.783. The predicted molar refractivity (Wildman–Crippen MR) is 99.8 cm³/mol. The lowest BCUT2D eigenvalue weighted by Gasteiger charge is -2.50. The predicted octanol–water partition coefficient (Wildman–Crippen LogP) is 4.94. The Morgan fingerprint density at radius 1 is 1.04 bits per heavy atom. The Hall–Kier alpha value is -1.91. The lowest BCUT2D eigenvalue weighted by atomic mass is 9.71. The molecule has 0 aromatic heterocycles. The maximum absolute atomic E-state index is 14.3. The first-order valence-corrected chi connectivity index (χ1v) is 9.51. The fourth-order valence-electron chi connectivity index (χ4n) is 4.50. The minimum Gasteiger partial charge on any atom is -0.497 e. The number of hydrogen-bond donors (Lipinski definition) is 1. The second-order valence-electron chi connectivity index (χ2n) is 7.38. The second kappa shape index (κ2) is 7.37. The quantitative estimate of drug-likeness (QED) is 0.846. The second-order valence-corrected chi connectivity index (χ2v) is 7.38. The van der Waals surface area contributed by atoms with Gasteiger partial charge in [0.1, 0.15) is 17.8 Å². The maximum atomic E-state index is 14.3. The van der Waals surface area contributed by atoms with Crippen LogP contribution < -0.4 is 10.1 Å². The van der Waals surface area contributed by atoms with Crippen LogP contribution in [0.25, 0.3) is 0 Å². The van der Waals surface area contributed by atoms with Crippen molar-refractivity contribution in [2.75, 3.05) is 13.7 Å². The molecular formula is C22H26FNO2. The molecule has 1 saturated carbocycles. The van der Waals surface area contributed by atoms with Crippen molar-refractivity contribution in [3.63, 3.8) is 0 Å². The van der Waals surface area contributed by atoms with Crippen LogP contribution in [0, 0.1) is 5.82 Å². The zero-order valence-electron chi connectivity index (χ0n) is 15.2. The van der Waals surface area contributed by atoms with Gasteiger partial charge in [0.05, 0.1) is 12.7 Å². The molecular weight excluding hydrogens is 329 g/mol. The molecule has 1 saturated heterocycles. The van der Waals surface area contributed by atoms with Gasteiger partial charge in [0.25, 0.3) is 0 Å². The Balaban J connectivity index is 1.64. The van der Waals surface area contributed by atoms with Crippen LogP contribution in [0.1, 0.15) is 55.4 Å². The first-order chi connectivity index (χ1) is 12.7. The zero-order valence-corrected chi connectivity index (χ0v) is 15.2. The van der Waals surface area contributed by atoms with Crippen LogP contribution in [0.4, 0.5) is 4.39 Å². The molecule has 2 aromatic rings. The molecule has 1 aliphatic carbocycles. The highest BCUT2D eigenvalue weighted by atomic mass is 19.1. The number of halogens is 1. The molecule has 0 radical (unpaired) electrons. The van der Waals surface area contributed by atoms with Crippen LogP contribution in [0.15, 0.2) is 48.5 Å². The highest BCUT2D eigenvalue weighted by molar-refractivity contribution is 5.32. The molecule has 2 aliphatic rings. The normalized spacial score (nSPS) is 25.2. The van der Waals surface area contributed by atoms with Crippen LogP contribution in [-0.2, 0) is 4.74 Å². The van der Waals surface area contributed by atoms with Gasteiger partial charge in [-0.1, -0.05) is 49.6 Å². The monoisotopic (exact) mass is 355 g/mol. The van der Waals surface area contributed by atoms with Gasteiger partial charge in [-0.25, -0.2) is 4.39 Å². The lowest BCUT2D eigenvalue weighted by Crippen LogP contribution is -2.53. The largest absolute Gasteiger partial charge is 0.497 e. The van der Waals surface area contributed by atoms with Gasteiger partial charge in [-0.3, -0.25) is 5.32 Å². The molecule has 1 aliphatic heterocycles. The Morgan fingerprint density at radius 2 is 1.77 bits per heavy atom. The number of methoxy groups -OCH3 is 1. The first-order valence-electron chi connectivity index (χ1n) is 9.51. The van der Waals surface area contributed by atoms with Crippen molar-refractivity contribution in [3.05, 3.63) is 65.5 Å². The van der Waals surface area contributed by atoms with Crippen LogP contribution in [0.2, 0.25) is 0 Å². The van der Waals surface area contributed by atoms with Crippen molar-refractivity contribution >= 4 is 0 Å². The Labute approximate surface area is 154 Å². The van der Waals surface area contributed by atoms with E-state index >= 15 is 0 Å². The summed E-state index contributed by atoms with van der Waals surface area (Å²) in [7, 11) is 1.68. The maximum Gasteiger partial charge on any atom is 0.137 e. The summed E-state index contributed by atoms with van der Waals surface area (Å²) in [5.74, 6) is 0.913. The molecule has 1 heterocycles. The average Bonchev–Trinajstić information content (AvgIpc) is 2.69. The molecule has 26 heavy (non-hydrogen) atoms. The third kappa shape index (κ3) is 3.24. The van der Waals surface area contributed by atoms with E-state index in [0.717, 1.165) is 38.0 Å². The van der Waals surface area contributed by atoms with E-state index < -0.39 is 0 Å². The summed E-state index contributed by atoms with van der Waals surface area (Å²) in [4.78, 5) is 0. The standard InChI is InChI=1S/C22H26FNO2/c1-25-17-11-9-16(10-12-17)19-15-24-21(18-7-3-4-8-20(18)23)26-22(19)13-5-2-6-14-22/h3-4,7-12,19,21,24H,2,5-6,13-15H2,1H3. The van der Waals surface area contributed by atoms with E-state index in [-0.39, 0.29) is 23.6 Å². The molecule has 1 spiro atoms. The van der Waals surface area contributed by atoms with Crippen LogP contribution in [-0.4, -0.2) is 19.3 Å². The van der Waals surface area contributed by atoms with Crippen molar-refractivity contribution in [2.24, 2.45) is 0 Å². The summed E-state index contributed by atoms with van der Waals surface area (Å²) < 4.78 is 26.2. The fourth-order valence-corrected chi connectivity index (χ4v) is 4.50. The molecule has 2 unspecified atom stereocenters. The molecule has 1 N–H and O–H groups in total. The third-order valence-electron chi connectivity index (χ3n) is 5.90. The molecule has 0 bridgehead atoms. The molecule has 3 nitrogen and oxygen atoms in total. The van der Waals surface area contributed by atoms with Crippen molar-refractivity contribution in [3.8, 4) is 5.75 Å². The van der Waals surface area contributed by atoms with Crippen molar-refractivity contribution in [1.29, 1.82) is 0 Å².